The van der Waals surface area contributed by atoms with E-state index in [-0.39, 0.29) is 36.3 Å². The van der Waals surface area contributed by atoms with Gasteiger partial charge in [-0.1, -0.05) is 12.1 Å². The summed E-state index contributed by atoms with van der Waals surface area (Å²) in [7, 11) is -4.17. The maximum Gasteiger partial charge on any atom is 0.451 e. The molecular formula is C30H38F3N7O5S. The molecule has 2 aromatic rings. The van der Waals surface area contributed by atoms with E-state index in [0.29, 0.717) is 76.7 Å². The van der Waals surface area contributed by atoms with Crippen LogP contribution in [0.5, 0.6) is 0 Å². The van der Waals surface area contributed by atoms with Crippen LogP contribution in [0.25, 0.3) is 0 Å². The Morgan fingerprint density at radius 1 is 1.02 bits per heavy atom. The molecule has 1 aromatic carbocycles. The minimum absolute atomic E-state index is 0.0404. The molecule has 2 aliphatic rings. The first-order chi connectivity index (χ1) is 21.8. The zero-order chi connectivity index (χ0) is 33.3. The van der Waals surface area contributed by atoms with Gasteiger partial charge in [0.2, 0.25) is 5.82 Å². The third kappa shape index (κ3) is 10.3. The number of nitriles is 1. The number of Topliss-reactive ketones (excluding diaryl/α,β-unsaturated/α-hetero) is 1. The van der Waals surface area contributed by atoms with Crippen molar-refractivity contribution in [3.05, 3.63) is 47.3 Å². The summed E-state index contributed by atoms with van der Waals surface area (Å²) in [5, 5.41) is 13.9. The Morgan fingerprint density at radius 2 is 1.70 bits per heavy atom. The number of alkyl halides is 3. The number of nitrogens with zero attached hydrogens (tertiary/aromatic N) is 5. The number of hydrogen-bond acceptors (Lipinski definition) is 9. The summed E-state index contributed by atoms with van der Waals surface area (Å²) in [6.45, 7) is 1.43. The number of anilines is 2. The maximum absolute atomic E-state index is 13.9. The van der Waals surface area contributed by atoms with E-state index in [9.17, 15) is 31.2 Å². The van der Waals surface area contributed by atoms with E-state index in [1.165, 1.54) is 6.07 Å². The van der Waals surface area contributed by atoms with Gasteiger partial charge in [-0.25, -0.2) is 14.8 Å². The Hall–Kier alpha value is -3.97. The topological polar surface area (TPSA) is 169 Å². The van der Waals surface area contributed by atoms with Crippen molar-refractivity contribution in [1.82, 2.24) is 20.6 Å². The van der Waals surface area contributed by atoms with Crippen molar-refractivity contribution in [2.24, 2.45) is 5.92 Å². The number of benzene rings is 1. The third-order valence-corrected chi connectivity index (χ3v) is 8.99. The fraction of sp³-hybridized carbons (Fsp3) is 0.567. The van der Waals surface area contributed by atoms with E-state index in [0.717, 1.165) is 5.56 Å². The number of urea groups is 1. The number of aryl methyl sites for hydroxylation is 1. The standard InChI is InChI=1S/C30H38F3N7O5S/c31-30(32,33)28-37-26(39-16-11-22(12-17-39)10-13-35-29(42)36-14-18-46(43,44)45)19-27(38-28)40-15-2-4-24(40)25(41)5-1-3-21-6-8-23(20-34)9-7-21/h6-9,19,22,24H,1-5,10-18H2,(H2,35,36,42)(H,43,44,45)/t24-/m0/s1. The lowest BCUT2D eigenvalue weighted by atomic mass is 9.93. The lowest BCUT2D eigenvalue weighted by Gasteiger charge is -2.34. The average Bonchev–Trinajstić information content (AvgIpc) is 3.51. The highest BCUT2D eigenvalue weighted by molar-refractivity contribution is 7.85. The molecule has 16 heteroatoms. The number of piperidine rings is 1. The molecule has 1 aromatic heterocycles. The molecule has 2 amide bonds. The normalized spacial score (nSPS) is 17.5. The molecule has 0 aliphatic carbocycles. The minimum Gasteiger partial charge on any atom is -0.356 e. The number of ketones is 1. The molecule has 0 radical (unpaired) electrons. The van der Waals surface area contributed by atoms with Crippen molar-refractivity contribution in [2.75, 3.05) is 48.3 Å². The molecule has 3 N–H and O–H groups in total. The monoisotopic (exact) mass is 665 g/mol. The van der Waals surface area contributed by atoms with Crippen LogP contribution in [0.15, 0.2) is 30.3 Å². The molecule has 0 saturated carbocycles. The van der Waals surface area contributed by atoms with E-state index in [1.54, 1.807) is 21.9 Å². The lowest BCUT2D eigenvalue weighted by Crippen LogP contribution is -2.40. The highest BCUT2D eigenvalue weighted by atomic mass is 32.2. The number of amides is 2. The van der Waals surface area contributed by atoms with Crippen molar-refractivity contribution >= 4 is 33.6 Å². The minimum atomic E-state index is -4.77. The Morgan fingerprint density at radius 3 is 2.35 bits per heavy atom. The maximum atomic E-state index is 13.9. The van der Waals surface area contributed by atoms with Crippen LogP contribution in [0.1, 0.15) is 61.9 Å². The summed E-state index contributed by atoms with van der Waals surface area (Å²) < 4.78 is 71.9. The zero-order valence-corrected chi connectivity index (χ0v) is 26.1. The van der Waals surface area contributed by atoms with Gasteiger partial charge in [0.25, 0.3) is 10.1 Å². The van der Waals surface area contributed by atoms with Crippen LogP contribution in [0.3, 0.4) is 0 Å². The Labute approximate surface area is 266 Å². The Kier molecular flexibility index (Phi) is 11.8. The first kappa shape index (κ1) is 34.9. The molecule has 0 bridgehead atoms. The Balaban J connectivity index is 1.33. The number of nitrogens with one attached hydrogen (secondary N) is 2. The van der Waals surface area contributed by atoms with Crippen molar-refractivity contribution in [1.29, 1.82) is 5.26 Å². The summed E-state index contributed by atoms with van der Waals surface area (Å²) in [5.41, 5.74) is 1.56. The van der Waals surface area contributed by atoms with E-state index in [2.05, 4.69) is 26.7 Å². The summed E-state index contributed by atoms with van der Waals surface area (Å²) >= 11 is 0. The summed E-state index contributed by atoms with van der Waals surface area (Å²) in [5.74, 6) is -1.41. The zero-order valence-electron chi connectivity index (χ0n) is 25.3. The highest BCUT2D eigenvalue weighted by Gasteiger charge is 2.38. The molecule has 250 valence electrons. The molecular weight excluding hydrogens is 627 g/mol. The first-order valence-electron chi connectivity index (χ1n) is 15.3. The summed E-state index contributed by atoms with van der Waals surface area (Å²) in [6, 6.07) is 9.64. The Bertz CT molecular complexity index is 1510. The number of carbonyl (C=O) groups is 2. The van der Waals surface area contributed by atoms with Gasteiger partial charge in [0.1, 0.15) is 11.6 Å². The van der Waals surface area contributed by atoms with Crippen molar-refractivity contribution in [3.8, 4) is 6.07 Å². The van der Waals surface area contributed by atoms with Gasteiger partial charge in [0.05, 0.1) is 23.4 Å². The summed E-state index contributed by atoms with van der Waals surface area (Å²) in [4.78, 5) is 36.2. The second-order valence-electron chi connectivity index (χ2n) is 11.6. The van der Waals surface area contributed by atoms with Crippen molar-refractivity contribution in [3.63, 3.8) is 0 Å². The molecule has 46 heavy (non-hydrogen) atoms. The predicted molar refractivity (Wildman–Crippen MR) is 164 cm³/mol. The molecule has 1 atom stereocenters. The van der Waals surface area contributed by atoms with Crippen LogP contribution >= 0.6 is 0 Å². The lowest BCUT2D eigenvalue weighted by molar-refractivity contribution is -0.144. The quantitative estimate of drug-likeness (QED) is 0.268. The molecule has 0 spiro atoms. The first-order valence-corrected chi connectivity index (χ1v) is 16.9. The second kappa shape index (κ2) is 15.5. The van der Waals surface area contributed by atoms with E-state index in [1.807, 2.05) is 12.1 Å². The van der Waals surface area contributed by atoms with Gasteiger partial charge in [-0.05, 0) is 68.6 Å². The summed E-state index contributed by atoms with van der Waals surface area (Å²) in [6.07, 6.45) is -0.105. The molecule has 4 rings (SSSR count). The third-order valence-electron chi connectivity index (χ3n) is 8.27. The number of aromatic nitrogens is 2. The second-order valence-corrected chi connectivity index (χ2v) is 13.1. The number of carbonyl (C=O) groups excluding carboxylic acids is 2. The SMILES string of the molecule is N#Cc1ccc(CCCC(=O)[C@@H]2CCCN2c2cc(N3CCC(CCNC(=O)NCCS(=O)(=O)O)CC3)nc(C(F)(F)F)n2)cc1. The van der Waals surface area contributed by atoms with Gasteiger partial charge < -0.3 is 20.4 Å². The smallest absolute Gasteiger partial charge is 0.356 e. The largest absolute Gasteiger partial charge is 0.451 e. The van der Waals surface area contributed by atoms with Gasteiger partial charge in [-0.2, -0.15) is 26.9 Å². The van der Waals surface area contributed by atoms with Crippen LogP contribution in [0, 0.1) is 17.2 Å². The van der Waals surface area contributed by atoms with E-state index >= 15 is 0 Å². The van der Waals surface area contributed by atoms with Crippen molar-refractivity contribution in [2.45, 2.75) is 63.6 Å². The van der Waals surface area contributed by atoms with Gasteiger partial charge in [-0.3, -0.25) is 9.35 Å². The predicted octanol–water partition coefficient (Wildman–Crippen LogP) is 3.72. The van der Waals surface area contributed by atoms with Crippen LogP contribution in [-0.2, 0) is 27.5 Å². The molecule has 12 nitrogen and oxygen atoms in total. The molecule has 2 fully saturated rings. The van der Waals surface area contributed by atoms with Crippen LogP contribution < -0.4 is 20.4 Å². The van der Waals surface area contributed by atoms with Crippen LogP contribution in [0.2, 0.25) is 0 Å². The van der Waals surface area contributed by atoms with Gasteiger partial charge in [-0.15, -0.1) is 0 Å². The fourth-order valence-corrected chi connectivity index (χ4v) is 6.17. The van der Waals surface area contributed by atoms with Gasteiger partial charge >= 0.3 is 12.2 Å². The van der Waals surface area contributed by atoms with E-state index in [4.69, 9.17) is 9.81 Å². The van der Waals surface area contributed by atoms with E-state index < -0.39 is 39.9 Å². The fourth-order valence-electron chi connectivity index (χ4n) is 5.81. The molecule has 0 unspecified atom stereocenters. The van der Waals surface area contributed by atoms with Crippen LogP contribution in [0.4, 0.5) is 29.6 Å². The van der Waals surface area contributed by atoms with Gasteiger partial charge in [0.15, 0.2) is 5.78 Å². The molecule has 2 aliphatic heterocycles. The number of hydrogen-bond donors (Lipinski definition) is 3. The van der Waals surface area contributed by atoms with Gasteiger partial charge in [0, 0.05) is 45.2 Å². The average molecular weight is 666 g/mol. The van der Waals surface area contributed by atoms with Crippen LogP contribution in [-0.4, -0.2) is 79.3 Å². The molecule has 2 saturated heterocycles. The number of halogens is 3. The van der Waals surface area contributed by atoms with Crippen molar-refractivity contribution < 1.29 is 35.7 Å². The highest BCUT2D eigenvalue weighted by Crippen LogP contribution is 2.34. The molecule has 3 heterocycles. The number of rotatable bonds is 13.